The van der Waals surface area contributed by atoms with E-state index in [0.717, 1.165) is 17.4 Å². The van der Waals surface area contributed by atoms with Crippen molar-refractivity contribution in [3.8, 4) is 0 Å². The average Bonchev–Trinajstić information content (AvgIpc) is 2.55. The van der Waals surface area contributed by atoms with E-state index in [1.807, 2.05) is 0 Å². The molecule has 3 unspecified atom stereocenters. The number of likely N-dealkylation sites (tertiary alicyclic amines) is 1. The Morgan fingerprint density at radius 2 is 2.08 bits per heavy atom. The minimum Gasteiger partial charge on any atom is -0.295 e. The molecule has 3 atom stereocenters. The third-order valence-electron chi connectivity index (χ3n) is 4.50. The Kier molecular flexibility index (Phi) is 1.07. The molecule has 0 amide bonds. The minimum atomic E-state index is 0.422. The van der Waals surface area contributed by atoms with Crippen LogP contribution in [0.4, 0.5) is 0 Å². The van der Waals surface area contributed by atoms with Crippen molar-refractivity contribution in [3.05, 3.63) is 0 Å². The molecule has 1 saturated heterocycles. The molecule has 1 heterocycles. The van der Waals surface area contributed by atoms with Gasteiger partial charge in [-0.1, -0.05) is 0 Å². The normalized spacial score (nSPS) is 51.2. The van der Waals surface area contributed by atoms with E-state index in [1.165, 1.54) is 25.8 Å². The van der Waals surface area contributed by atoms with E-state index in [2.05, 4.69) is 25.7 Å². The molecule has 0 aromatic rings. The van der Waals surface area contributed by atoms with Crippen LogP contribution >= 0.6 is 0 Å². The molecular weight excluding hydrogens is 146 g/mol. The van der Waals surface area contributed by atoms with Crippen LogP contribution < -0.4 is 0 Å². The highest BCUT2D eigenvalue weighted by atomic mass is 15.3. The van der Waals surface area contributed by atoms with Gasteiger partial charge in [0.15, 0.2) is 0 Å². The van der Waals surface area contributed by atoms with Gasteiger partial charge in [0.05, 0.1) is 0 Å². The molecule has 0 aromatic heterocycles. The molecule has 2 aliphatic carbocycles. The lowest BCUT2D eigenvalue weighted by atomic mass is 9.72. The van der Waals surface area contributed by atoms with Crippen molar-refractivity contribution in [2.24, 2.45) is 11.3 Å². The smallest absolute Gasteiger partial charge is 0.0167 e. The Labute approximate surface area is 75.1 Å². The van der Waals surface area contributed by atoms with Crippen molar-refractivity contribution in [2.75, 3.05) is 6.54 Å². The van der Waals surface area contributed by atoms with E-state index in [4.69, 9.17) is 0 Å². The highest BCUT2D eigenvalue weighted by molar-refractivity contribution is 5.23. The van der Waals surface area contributed by atoms with E-state index >= 15 is 0 Å². The fourth-order valence-electron chi connectivity index (χ4n) is 3.53. The third-order valence-corrected chi connectivity index (χ3v) is 4.50. The van der Waals surface area contributed by atoms with Crippen LogP contribution in [0.1, 0.15) is 40.0 Å². The second-order valence-corrected chi connectivity index (χ2v) is 6.01. The third kappa shape index (κ3) is 0.654. The monoisotopic (exact) mass is 165 g/mol. The van der Waals surface area contributed by atoms with Gasteiger partial charge in [0.2, 0.25) is 0 Å². The summed E-state index contributed by atoms with van der Waals surface area (Å²) in [7, 11) is 0. The first kappa shape index (κ1) is 7.37. The van der Waals surface area contributed by atoms with Crippen molar-refractivity contribution in [1.82, 2.24) is 4.90 Å². The fraction of sp³-hybridized carbons (Fsp3) is 1.00. The number of rotatable bonds is 0. The van der Waals surface area contributed by atoms with E-state index in [-0.39, 0.29) is 0 Å². The average molecular weight is 165 g/mol. The molecule has 3 aliphatic rings. The summed E-state index contributed by atoms with van der Waals surface area (Å²) in [5, 5.41) is 0. The summed E-state index contributed by atoms with van der Waals surface area (Å²) in [5.74, 6) is 1.08. The minimum absolute atomic E-state index is 0.422. The maximum Gasteiger partial charge on any atom is 0.0167 e. The number of hydrogen-bond acceptors (Lipinski definition) is 1. The van der Waals surface area contributed by atoms with Crippen LogP contribution in [0.2, 0.25) is 0 Å². The summed E-state index contributed by atoms with van der Waals surface area (Å²) in [6.07, 6.45) is 4.58. The zero-order valence-corrected chi connectivity index (χ0v) is 8.43. The Hall–Kier alpha value is -0.0400. The largest absolute Gasteiger partial charge is 0.295 e. The van der Waals surface area contributed by atoms with E-state index in [9.17, 15) is 0 Å². The van der Waals surface area contributed by atoms with Crippen molar-refractivity contribution in [2.45, 2.75) is 51.6 Å². The molecule has 1 aliphatic heterocycles. The van der Waals surface area contributed by atoms with E-state index in [1.54, 1.807) is 0 Å². The quantitative estimate of drug-likeness (QED) is 0.532. The molecule has 0 N–H and O–H groups in total. The van der Waals surface area contributed by atoms with Gasteiger partial charge in [0, 0.05) is 18.1 Å². The summed E-state index contributed by atoms with van der Waals surface area (Å²) in [6, 6.07) is 0.983. The van der Waals surface area contributed by atoms with Crippen molar-refractivity contribution in [3.63, 3.8) is 0 Å². The molecule has 0 bridgehead atoms. The number of hydrogen-bond donors (Lipinski definition) is 0. The lowest BCUT2D eigenvalue weighted by Gasteiger charge is -2.36. The van der Waals surface area contributed by atoms with Gasteiger partial charge >= 0.3 is 0 Å². The van der Waals surface area contributed by atoms with Gasteiger partial charge in [0.25, 0.3) is 0 Å². The fourth-order valence-corrected chi connectivity index (χ4v) is 3.53. The first-order valence-electron chi connectivity index (χ1n) is 5.31. The van der Waals surface area contributed by atoms with Gasteiger partial charge in [-0.25, -0.2) is 0 Å². The van der Waals surface area contributed by atoms with Crippen molar-refractivity contribution in [1.29, 1.82) is 0 Å². The lowest BCUT2D eigenvalue weighted by Crippen LogP contribution is -2.42. The van der Waals surface area contributed by atoms with Crippen LogP contribution in [-0.4, -0.2) is 23.0 Å². The summed E-state index contributed by atoms with van der Waals surface area (Å²) in [6.45, 7) is 8.49. The van der Waals surface area contributed by atoms with Gasteiger partial charge in [-0.3, -0.25) is 4.90 Å². The SMILES string of the molecule is CC(C)(C)N1CC2CCC23CC13. The van der Waals surface area contributed by atoms with Gasteiger partial charge in [-0.15, -0.1) is 0 Å². The Balaban J connectivity index is 1.85. The van der Waals surface area contributed by atoms with E-state index < -0.39 is 0 Å². The van der Waals surface area contributed by atoms with Crippen molar-refractivity contribution >= 4 is 0 Å². The molecular formula is C11H19N. The predicted octanol–water partition coefficient (Wildman–Crippen LogP) is 2.27. The highest BCUT2D eigenvalue weighted by Crippen LogP contribution is 2.71. The number of piperidine rings is 1. The molecule has 3 fully saturated rings. The lowest BCUT2D eigenvalue weighted by molar-refractivity contribution is 0.129. The zero-order chi connectivity index (χ0) is 8.56. The molecule has 1 nitrogen and oxygen atoms in total. The van der Waals surface area contributed by atoms with Crippen LogP contribution in [0.15, 0.2) is 0 Å². The van der Waals surface area contributed by atoms with Crippen LogP contribution in [0.5, 0.6) is 0 Å². The second kappa shape index (κ2) is 1.75. The molecule has 1 spiro atoms. The summed E-state index contributed by atoms with van der Waals surface area (Å²) in [5.41, 5.74) is 1.28. The first-order valence-corrected chi connectivity index (χ1v) is 5.31. The Morgan fingerprint density at radius 1 is 1.33 bits per heavy atom. The number of nitrogens with zero attached hydrogens (tertiary/aromatic N) is 1. The van der Waals surface area contributed by atoms with E-state index in [0.29, 0.717) is 5.54 Å². The predicted molar refractivity (Wildman–Crippen MR) is 50.0 cm³/mol. The Bertz CT molecular complexity index is 228. The first-order chi connectivity index (χ1) is 5.54. The topological polar surface area (TPSA) is 3.24 Å². The zero-order valence-electron chi connectivity index (χ0n) is 8.43. The van der Waals surface area contributed by atoms with Gasteiger partial charge in [-0.05, 0) is 51.4 Å². The molecule has 0 aromatic carbocycles. The molecule has 3 rings (SSSR count). The highest BCUT2D eigenvalue weighted by Gasteiger charge is 2.71. The standard InChI is InChI=1S/C11H19N/c1-10(2,3)12-7-8-4-5-11(8)6-9(11)12/h8-9H,4-7H2,1-3H3. The molecule has 0 radical (unpaired) electrons. The van der Waals surface area contributed by atoms with Crippen LogP contribution in [0, 0.1) is 11.3 Å². The molecule has 12 heavy (non-hydrogen) atoms. The summed E-state index contributed by atoms with van der Waals surface area (Å²) >= 11 is 0. The summed E-state index contributed by atoms with van der Waals surface area (Å²) in [4.78, 5) is 2.75. The molecule has 2 saturated carbocycles. The van der Waals surface area contributed by atoms with Crippen LogP contribution in [0.25, 0.3) is 0 Å². The summed E-state index contributed by atoms with van der Waals surface area (Å²) < 4.78 is 0. The Morgan fingerprint density at radius 3 is 2.33 bits per heavy atom. The van der Waals surface area contributed by atoms with Crippen LogP contribution in [0.3, 0.4) is 0 Å². The molecule has 1 heteroatoms. The van der Waals surface area contributed by atoms with Gasteiger partial charge in [-0.2, -0.15) is 0 Å². The van der Waals surface area contributed by atoms with Gasteiger partial charge in [0.1, 0.15) is 0 Å². The van der Waals surface area contributed by atoms with Crippen LogP contribution in [-0.2, 0) is 0 Å². The second-order valence-electron chi connectivity index (χ2n) is 6.01. The maximum atomic E-state index is 2.75. The van der Waals surface area contributed by atoms with Crippen molar-refractivity contribution < 1.29 is 0 Å². The van der Waals surface area contributed by atoms with Gasteiger partial charge < -0.3 is 0 Å². The molecule has 68 valence electrons. The maximum absolute atomic E-state index is 2.75.